The normalized spacial score (nSPS) is 20.0. The zero-order valence-corrected chi connectivity index (χ0v) is 8.38. The third kappa shape index (κ3) is 2.67. The average molecular weight is 247 g/mol. The Bertz CT molecular complexity index is 292. The molecule has 0 aromatic heterocycles. The van der Waals surface area contributed by atoms with Crippen LogP contribution in [0.4, 0.5) is 4.39 Å². The van der Waals surface area contributed by atoms with Crippen LogP contribution < -0.4 is 4.74 Å². The highest BCUT2D eigenvalue weighted by atomic mass is 79.9. The highest BCUT2D eigenvalue weighted by Gasteiger charge is 2.23. The van der Waals surface area contributed by atoms with Crippen LogP contribution in [0.15, 0.2) is 22.7 Å². The van der Waals surface area contributed by atoms with E-state index in [9.17, 15) is 4.39 Å². The van der Waals surface area contributed by atoms with E-state index in [1.165, 1.54) is 12.1 Å². The third-order valence-corrected chi connectivity index (χ3v) is 2.13. The van der Waals surface area contributed by atoms with Gasteiger partial charge < -0.3 is 9.47 Å². The molecule has 1 aromatic rings. The summed E-state index contributed by atoms with van der Waals surface area (Å²) in [5.41, 5.74) is 0. The van der Waals surface area contributed by atoms with E-state index in [-0.39, 0.29) is 11.9 Å². The number of hydrogen-bond donors (Lipinski definition) is 0. The number of benzene rings is 1. The summed E-state index contributed by atoms with van der Waals surface area (Å²) in [6, 6.07) is 4.47. The van der Waals surface area contributed by atoms with Crippen LogP contribution in [0.2, 0.25) is 0 Å². The van der Waals surface area contributed by atoms with Crippen molar-refractivity contribution in [2.45, 2.75) is 6.10 Å². The number of rotatable bonds is 3. The van der Waals surface area contributed by atoms with Gasteiger partial charge in [0.25, 0.3) is 0 Å². The first-order valence-electron chi connectivity index (χ1n) is 3.94. The molecule has 0 bridgehead atoms. The molecule has 13 heavy (non-hydrogen) atoms. The minimum atomic E-state index is -0.305. The predicted molar refractivity (Wildman–Crippen MR) is 49.3 cm³/mol. The maximum atomic E-state index is 12.8. The molecule has 4 heteroatoms. The van der Waals surface area contributed by atoms with Gasteiger partial charge in [-0.05, 0) is 12.1 Å². The van der Waals surface area contributed by atoms with E-state index in [4.69, 9.17) is 9.47 Å². The molecule has 0 radical (unpaired) electrons. The minimum absolute atomic E-state index is 0.196. The molecule has 0 saturated carbocycles. The number of ether oxygens (including phenoxy) is 2. The van der Waals surface area contributed by atoms with Crippen molar-refractivity contribution in [3.63, 3.8) is 0 Å². The maximum absolute atomic E-state index is 12.8. The number of epoxide rings is 1. The van der Waals surface area contributed by atoms with Gasteiger partial charge in [0, 0.05) is 10.5 Å². The SMILES string of the molecule is Fc1cc(Br)cc(OCC2CO2)c1. The second-order valence-electron chi connectivity index (χ2n) is 2.87. The molecule has 1 atom stereocenters. The number of hydrogen-bond acceptors (Lipinski definition) is 2. The van der Waals surface area contributed by atoms with Crippen LogP contribution in [0.25, 0.3) is 0 Å². The predicted octanol–water partition coefficient (Wildman–Crippen LogP) is 2.37. The second kappa shape index (κ2) is 3.64. The van der Waals surface area contributed by atoms with Gasteiger partial charge in [-0.1, -0.05) is 15.9 Å². The van der Waals surface area contributed by atoms with E-state index in [2.05, 4.69) is 15.9 Å². The molecule has 1 heterocycles. The Kier molecular flexibility index (Phi) is 2.51. The molecular weight excluding hydrogens is 239 g/mol. The van der Waals surface area contributed by atoms with Crippen LogP contribution in [-0.4, -0.2) is 19.3 Å². The van der Waals surface area contributed by atoms with Gasteiger partial charge in [0.1, 0.15) is 24.3 Å². The van der Waals surface area contributed by atoms with E-state index in [0.29, 0.717) is 16.8 Å². The van der Waals surface area contributed by atoms with Crippen LogP contribution in [-0.2, 0) is 4.74 Å². The molecule has 1 aliphatic heterocycles. The Labute approximate surface area is 83.8 Å². The Morgan fingerprint density at radius 3 is 2.92 bits per heavy atom. The van der Waals surface area contributed by atoms with Crippen molar-refractivity contribution in [2.75, 3.05) is 13.2 Å². The Morgan fingerprint density at radius 2 is 2.31 bits per heavy atom. The van der Waals surface area contributed by atoms with Gasteiger partial charge in [-0.15, -0.1) is 0 Å². The van der Waals surface area contributed by atoms with Crippen molar-refractivity contribution < 1.29 is 13.9 Å². The molecule has 1 unspecified atom stereocenters. The summed E-state index contributed by atoms with van der Waals surface area (Å²) in [5, 5.41) is 0. The van der Waals surface area contributed by atoms with Crippen LogP contribution in [0.1, 0.15) is 0 Å². The molecule has 0 spiro atoms. The Morgan fingerprint density at radius 1 is 1.54 bits per heavy atom. The van der Waals surface area contributed by atoms with Crippen molar-refractivity contribution in [1.82, 2.24) is 0 Å². The van der Waals surface area contributed by atoms with Crippen LogP contribution in [0.3, 0.4) is 0 Å². The summed E-state index contributed by atoms with van der Waals surface area (Å²) in [7, 11) is 0. The summed E-state index contributed by atoms with van der Waals surface area (Å²) in [5.74, 6) is 0.225. The summed E-state index contributed by atoms with van der Waals surface area (Å²) >= 11 is 3.18. The van der Waals surface area contributed by atoms with E-state index in [0.717, 1.165) is 6.61 Å². The van der Waals surface area contributed by atoms with Crippen LogP contribution in [0, 0.1) is 5.82 Å². The fraction of sp³-hybridized carbons (Fsp3) is 0.333. The highest BCUT2D eigenvalue weighted by molar-refractivity contribution is 9.10. The lowest BCUT2D eigenvalue weighted by Gasteiger charge is -2.04. The van der Waals surface area contributed by atoms with Gasteiger partial charge in [-0.25, -0.2) is 4.39 Å². The molecule has 0 N–H and O–H groups in total. The fourth-order valence-electron chi connectivity index (χ4n) is 0.965. The van der Waals surface area contributed by atoms with Crippen molar-refractivity contribution >= 4 is 15.9 Å². The largest absolute Gasteiger partial charge is 0.491 e. The molecular formula is C9H8BrFO2. The second-order valence-corrected chi connectivity index (χ2v) is 3.79. The molecule has 2 nitrogen and oxygen atoms in total. The zero-order chi connectivity index (χ0) is 9.26. The first kappa shape index (κ1) is 8.97. The first-order chi connectivity index (χ1) is 6.24. The van der Waals surface area contributed by atoms with Crippen molar-refractivity contribution in [3.05, 3.63) is 28.5 Å². The molecule has 1 aromatic carbocycles. The van der Waals surface area contributed by atoms with Crippen LogP contribution >= 0.6 is 15.9 Å². The lowest BCUT2D eigenvalue weighted by molar-refractivity contribution is 0.262. The summed E-state index contributed by atoms with van der Waals surface area (Å²) in [4.78, 5) is 0. The first-order valence-corrected chi connectivity index (χ1v) is 4.74. The average Bonchev–Trinajstić information content (AvgIpc) is 2.81. The van der Waals surface area contributed by atoms with E-state index < -0.39 is 0 Å². The summed E-state index contributed by atoms with van der Waals surface area (Å²) in [6.45, 7) is 1.24. The standard InChI is InChI=1S/C9H8BrFO2/c10-6-1-7(11)3-8(2-6)12-4-9-5-13-9/h1-3,9H,4-5H2. The van der Waals surface area contributed by atoms with Gasteiger partial charge in [0.15, 0.2) is 0 Å². The number of halogens is 2. The minimum Gasteiger partial charge on any atom is -0.491 e. The van der Waals surface area contributed by atoms with Crippen molar-refractivity contribution in [3.8, 4) is 5.75 Å². The highest BCUT2D eigenvalue weighted by Crippen LogP contribution is 2.21. The van der Waals surface area contributed by atoms with E-state index >= 15 is 0 Å². The van der Waals surface area contributed by atoms with Crippen molar-refractivity contribution in [1.29, 1.82) is 0 Å². The van der Waals surface area contributed by atoms with Gasteiger partial charge in [0.05, 0.1) is 6.61 Å². The van der Waals surface area contributed by atoms with Crippen molar-refractivity contribution in [2.24, 2.45) is 0 Å². The van der Waals surface area contributed by atoms with E-state index in [1.807, 2.05) is 0 Å². The van der Waals surface area contributed by atoms with E-state index in [1.54, 1.807) is 6.07 Å². The zero-order valence-electron chi connectivity index (χ0n) is 6.80. The molecule has 1 aliphatic rings. The smallest absolute Gasteiger partial charge is 0.128 e. The van der Waals surface area contributed by atoms with Gasteiger partial charge in [0.2, 0.25) is 0 Å². The quantitative estimate of drug-likeness (QED) is 0.765. The molecule has 0 amide bonds. The fourth-order valence-corrected chi connectivity index (χ4v) is 1.41. The van der Waals surface area contributed by atoms with Gasteiger partial charge in [-0.3, -0.25) is 0 Å². The topological polar surface area (TPSA) is 21.8 Å². The molecule has 1 saturated heterocycles. The summed E-state index contributed by atoms with van der Waals surface area (Å²) in [6.07, 6.45) is 0.196. The van der Waals surface area contributed by atoms with Gasteiger partial charge >= 0.3 is 0 Å². The Hall–Kier alpha value is -0.610. The molecule has 1 fully saturated rings. The molecule has 0 aliphatic carbocycles. The molecule has 2 rings (SSSR count). The van der Waals surface area contributed by atoms with Gasteiger partial charge in [-0.2, -0.15) is 0 Å². The maximum Gasteiger partial charge on any atom is 0.128 e. The lowest BCUT2D eigenvalue weighted by atomic mass is 10.3. The molecule has 70 valence electrons. The lowest BCUT2D eigenvalue weighted by Crippen LogP contribution is -2.04. The monoisotopic (exact) mass is 246 g/mol. The Balaban J connectivity index is 2.01. The summed E-state index contributed by atoms with van der Waals surface area (Å²) < 4.78 is 23.8. The third-order valence-electron chi connectivity index (χ3n) is 1.67. The van der Waals surface area contributed by atoms with Crippen LogP contribution in [0.5, 0.6) is 5.75 Å².